The third-order valence-corrected chi connectivity index (χ3v) is 6.40. The Bertz CT molecular complexity index is 929. The predicted octanol–water partition coefficient (Wildman–Crippen LogP) is 4.21. The van der Waals surface area contributed by atoms with Gasteiger partial charge in [-0.15, -0.1) is 22.7 Å². The Balaban J connectivity index is 1.47. The van der Waals surface area contributed by atoms with Gasteiger partial charge in [0.1, 0.15) is 10.7 Å². The summed E-state index contributed by atoms with van der Waals surface area (Å²) in [4.78, 5) is 25.3. The van der Waals surface area contributed by atoms with E-state index < -0.39 is 0 Å². The van der Waals surface area contributed by atoms with Crippen molar-refractivity contribution in [3.63, 3.8) is 0 Å². The summed E-state index contributed by atoms with van der Waals surface area (Å²) < 4.78 is 0. The van der Waals surface area contributed by atoms with Gasteiger partial charge in [-0.05, 0) is 13.5 Å². The van der Waals surface area contributed by atoms with Gasteiger partial charge in [-0.3, -0.25) is 15.0 Å². The number of carbonyl (C=O) groups is 1. The summed E-state index contributed by atoms with van der Waals surface area (Å²) in [5.74, 6) is -0.196. The summed E-state index contributed by atoms with van der Waals surface area (Å²) in [7, 11) is 0. The zero-order valence-electron chi connectivity index (χ0n) is 14.8. The van der Waals surface area contributed by atoms with Crippen molar-refractivity contribution in [3.8, 4) is 10.6 Å². The van der Waals surface area contributed by atoms with E-state index in [9.17, 15) is 4.79 Å². The lowest BCUT2D eigenvalue weighted by molar-refractivity contribution is 0.102. The van der Waals surface area contributed by atoms with E-state index in [1.54, 1.807) is 16.7 Å². The molecule has 1 N–H and O–H groups in total. The third-order valence-electron chi connectivity index (χ3n) is 4.51. The van der Waals surface area contributed by atoms with Gasteiger partial charge in [-0.1, -0.05) is 36.8 Å². The lowest BCUT2D eigenvalue weighted by Gasteiger charge is -2.23. The molecule has 2 aromatic heterocycles. The highest BCUT2D eigenvalue weighted by Gasteiger charge is 2.21. The first-order chi connectivity index (χ1) is 12.6. The minimum absolute atomic E-state index is 0.196. The maximum absolute atomic E-state index is 12.5. The molecule has 1 aliphatic heterocycles. The second kappa shape index (κ2) is 7.26. The van der Waals surface area contributed by atoms with E-state index in [1.165, 1.54) is 21.8 Å². The Labute approximate surface area is 160 Å². The van der Waals surface area contributed by atoms with Gasteiger partial charge in [0.15, 0.2) is 5.13 Å². The fraction of sp³-hybridized carbons (Fsp3) is 0.316. The van der Waals surface area contributed by atoms with E-state index in [0.717, 1.165) is 42.3 Å². The molecular weight excluding hydrogens is 364 g/mol. The van der Waals surface area contributed by atoms with Crippen molar-refractivity contribution < 1.29 is 4.79 Å². The predicted molar refractivity (Wildman–Crippen MR) is 107 cm³/mol. The molecule has 1 amide bonds. The first-order valence-corrected chi connectivity index (χ1v) is 10.4. The molecule has 0 saturated heterocycles. The molecule has 0 fully saturated rings. The molecule has 0 radical (unpaired) electrons. The van der Waals surface area contributed by atoms with Crippen molar-refractivity contribution >= 4 is 33.7 Å². The summed E-state index contributed by atoms with van der Waals surface area (Å²) in [5, 5.41) is 6.24. The van der Waals surface area contributed by atoms with Crippen LogP contribution in [0.2, 0.25) is 0 Å². The molecule has 7 heteroatoms. The number of thiazole rings is 2. The molecule has 0 saturated carbocycles. The number of benzene rings is 1. The quantitative estimate of drug-likeness (QED) is 0.732. The Kier molecular flexibility index (Phi) is 4.84. The van der Waals surface area contributed by atoms with Gasteiger partial charge in [-0.2, -0.15) is 0 Å². The fourth-order valence-corrected chi connectivity index (χ4v) is 4.79. The van der Waals surface area contributed by atoms with Crippen molar-refractivity contribution in [2.75, 3.05) is 18.4 Å². The number of aromatic nitrogens is 2. The summed E-state index contributed by atoms with van der Waals surface area (Å²) in [5.41, 5.74) is 3.80. The molecule has 0 aliphatic carbocycles. The van der Waals surface area contributed by atoms with E-state index in [0.29, 0.717) is 10.8 Å². The van der Waals surface area contributed by atoms with Crippen LogP contribution in [0.15, 0.2) is 29.6 Å². The summed E-state index contributed by atoms with van der Waals surface area (Å²) in [6.07, 6.45) is 0.948. The number of nitrogens with one attached hydrogen (secondary N) is 1. The van der Waals surface area contributed by atoms with E-state index in [4.69, 9.17) is 0 Å². The third kappa shape index (κ3) is 3.56. The molecule has 5 nitrogen and oxygen atoms in total. The van der Waals surface area contributed by atoms with Crippen molar-refractivity contribution in [2.45, 2.75) is 26.8 Å². The van der Waals surface area contributed by atoms with Crippen molar-refractivity contribution in [1.82, 2.24) is 14.9 Å². The SMILES string of the molecule is CCN1CCc2nc(NC(=O)c3csc(-c4ccc(C)cc4)n3)sc2C1. The molecule has 0 atom stereocenters. The maximum Gasteiger partial charge on any atom is 0.276 e. The normalized spacial score (nSPS) is 14.2. The van der Waals surface area contributed by atoms with Gasteiger partial charge >= 0.3 is 0 Å². The Morgan fingerprint density at radius 3 is 2.85 bits per heavy atom. The minimum Gasteiger partial charge on any atom is -0.298 e. The smallest absolute Gasteiger partial charge is 0.276 e. The van der Waals surface area contributed by atoms with Gasteiger partial charge in [-0.25, -0.2) is 9.97 Å². The molecular formula is C19H20N4OS2. The van der Waals surface area contributed by atoms with Crippen LogP contribution in [0.25, 0.3) is 10.6 Å². The first kappa shape index (κ1) is 17.3. The zero-order chi connectivity index (χ0) is 18.1. The van der Waals surface area contributed by atoms with E-state index in [1.807, 2.05) is 12.1 Å². The second-order valence-electron chi connectivity index (χ2n) is 6.37. The number of amides is 1. The fourth-order valence-electron chi connectivity index (χ4n) is 2.94. The molecule has 1 aliphatic rings. The molecule has 3 heterocycles. The maximum atomic E-state index is 12.5. The molecule has 0 bridgehead atoms. The summed E-state index contributed by atoms with van der Waals surface area (Å²) >= 11 is 3.06. The number of aryl methyl sites for hydroxylation is 1. The van der Waals surface area contributed by atoms with Crippen LogP contribution in [0.4, 0.5) is 5.13 Å². The largest absolute Gasteiger partial charge is 0.298 e. The van der Waals surface area contributed by atoms with Gasteiger partial charge < -0.3 is 0 Å². The van der Waals surface area contributed by atoms with Crippen LogP contribution in [-0.2, 0) is 13.0 Å². The van der Waals surface area contributed by atoms with Crippen LogP contribution in [-0.4, -0.2) is 33.9 Å². The first-order valence-electron chi connectivity index (χ1n) is 8.67. The Morgan fingerprint density at radius 2 is 2.08 bits per heavy atom. The summed E-state index contributed by atoms with van der Waals surface area (Å²) in [6, 6.07) is 8.17. The van der Waals surface area contributed by atoms with Crippen LogP contribution in [0.5, 0.6) is 0 Å². The van der Waals surface area contributed by atoms with Crippen LogP contribution in [0, 0.1) is 6.92 Å². The number of carbonyl (C=O) groups excluding carboxylic acids is 1. The van der Waals surface area contributed by atoms with Crippen molar-refractivity contribution in [2.24, 2.45) is 0 Å². The number of fused-ring (bicyclic) bond motifs is 1. The number of rotatable bonds is 4. The monoisotopic (exact) mass is 384 g/mol. The highest BCUT2D eigenvalue weighted by atomic mass is 32.1. The number of hydrogen-bond acceptors (Lipinski definition) is 6. The van der Waals surface area contributed by atoms with E-state index in [2.05, 4.69) is 46.2 Å². The van der Waals surface area contributed by atoms with Gasteiger partial charge in [0, 0.05) is 35.3 Å². The second-order valence-corrected chi connectivity index (χ2v) is 8.31. The van der Waals surface area contributed by atoms with Crippen LogP contribution >= 0.6 is 22.7 Å². The van der Waals surface area contributed by atoms with Crippen LogP contribution < -0.4 is 5.32 Å². The van der Waals surface area contributed by atoms with E-state index >= 15 is 0 Å². The number of anilines is 1. The summed E-state index contributed by atoms with van der Waals surface area (Å²) in [6.45, 7) is 7.22. The molecule has 3 aromatic rings. The average molecular weight is 385 g/mol. The van der Waals surface area contributed by atoms with E-state index in [-0.39, 0.29) is 5.91 Å². The highest BCUT2D eigenvalue weighted by molar-refractivity contribution is 7.16. The number of nitrogens with zero attached hydrogens (tertiary/aromatic N) is 3. The highest BCUT2D eigenvalue weighted by Crippen LogP contribution is 2.29. The minimum atomic E-state index is -0.196. The number of likely N-dealkylation sites (N-methyl/N-ethyl adjacent to an activating group) is 1. The van der Waals surface area contributed by atoms with Crippen molar-refractivity contribution in [3.05, 3.63) is 51.5 Å². The lowest BCUT2D eigenvalue weighted by atomic mass is 10.2. The van der Waals surface area contributed by atoms with Crippen LogP contribution in [0.3, 0.4) is 0 Å². The van der Waals surface area contributed by atoms with Gasteiger partial charge in [0.25, 0.3) is 5.91 Å². The number of hydrogen-bond donors (Lipinski definition) is 1. The molecule has 4 rings (SSSR count). The topological polar surface area (TPSA) is 58.1 Å². The molecule has 0 unspecified atom stereocenters. The standard InChI is InChI=1S/C19H20N4OS2/c1-3-23-9-8-14-16(10-23)26-19(21-14)22-17(24)15-11-25-18(20-15)13-6-4-12(2)5-7-13/h4-7,11H,3,8-10H2,1-2H3,(H,21,22,24). The van der Waals surface area contributed by atoms with Gasteiger partial charge in [0.05, 0.1) is 5.69 Å². The molecule has 1 aromatic carbocycles. The molecule has 0 spiro atoms. The van der Waals surface area contributed by atoms with Crippen molar-refractivity contribution in [1.29, 1.82) is 0 Å². The zero-order valence-corrected chi connectivity index (χ0v) is 16.4. The lowest BCUT2D eigenvalue weighted by Crippen LogP contribution is -2.29. The Hall–Kier alpha value is -2.09. The average Bonchev–Trinajstić information content (AvgIpc) is 3.28. The molecule has 26 heavy (non-hydrogen) atoms. The Morgan fingerprint density at radius 1 is 1.27 bits per heavy atom. The van der Waals surface area contributed by atoms with Gasteiger partial charge in [0.2, 0.25) is 0 Å². The van der Waals surface area contributed by atoms with Crippen LogP contribution in [0.1, 0.15) is 33.5 Å². The molecule has 134 valence electrons.